The van der Waals surface area contributed by atoms with Gasteiger partial charge in [0.25, 0.3) is 0 Å². The highest BCUT2D eigenvalue weighted by atomic mass is 19.1. The van der Waals surface area contributed by atoms with Crippen LogP contribution in [0, 0.1) is 11.7 Å². The molecule has 0 saturated carbocycles. The van der Waals surface area contributed by atoms with Gasteiger partial charge in [0.2, 0.25) is 0 Å². The van der Waals surface area contributed by atoms with Gasteiger partial charge in [-0.3, -0.25) is 0 Å². The lowest BCUT2D eigenvalue weighted by molar-refractivity contribution is 0.231. The van der Waals surface area contributed by atoms with Crippen LogP contribution in [0.4, 0.5) is 4.39 Å². The monoisotopic (exact) mass is 225 g/mol. The second kappa shape index (κ2) is 6.48. The number of rotatable bonds is 6. The lowest BCUT2D eigenvalue weighted by atomic mass is 10.1. The molecule has 0 aromatic heterocycles. The second-order valence-corrected chi connectivity index (χ2v) is 4.18. The summed E-state index contributed by atoms with van der Waals surface area (Å²) in [7, 11) is 0. The number of ether oxygens (including phenoxy) is 1. The minimum Gasteiger partial charge on any atom is -0.492 e. The summed E-state index contributed by atoms with van der Waals surface area (Å²) in [5.41, 5.74) is 0. The van der Waals surface area contributed by atoms with Crippen LogP contribution in [0.15, 0.2) is 24.3 Å². The molecule has 0 bridgehead atoms. The number of nitrogens with one attached hydrogen (secondary N) is 1. The highest BCUT2D eigenvalue weighted by Crippen LogP contribution is 2.13. The molecule has 1 atom stereocenters. The van der Waals surface area contributed by atoms with Crippen molar-refractivity contribution in [1.82, 2.24) is 5.32 Å². The summed E-state index contributed by atoms with van der Waals surface area (Å²) in [4.78, 5) is 0. The molecule has 0 fully saturated rings. The molecule has 0 aliphatic carbocycles. The first-order valence-corrected chi connectivity index (χ1v) is 5.75. The molecule has 16 heavy (non-hydrogen) atoms. The largest absolute Gasteiger partial charge is 0.492 e. The van der Waals surface area contributed by atoms with Gasteiger partial charge >= 0.3 is 0 Å². The van der Waals surface area contributed by atoms with Gasteiger partial charge < -0.3 is 10.1 Å². The van der Waals surface area contributed by atoms with Crippen molar-refractivity contribution in [2.24, 2.45) is 5.92 Å². The third kappa shape index (κ3) is 4.19. The third-order valence-electron chi connectivity index (χ3n) is 2.50. The molecule has 0 amide bonds. The van der Waals surface area contributed by atoms with Crippen LogP contribution in [0.25, 0.3) is 0 Å². The number of halogens is 1. The van der Waals surface area contributed by atoms with Crippen LogP contribution in [0.3, 0.4) is 0 Å². The SMILES string of the molecule is CCNC(COc1cccc(F)c1)C(C)C. The highest BCUT2D eigenvalue weighted by Gasteiger charge is 2.12. The second-order valence-electron chi connectivity index (χ2n) is 4.18. The Labute approximate surface area is 96.8 Å². The van der Waals surface area contributed by atoms with Crippen molar-refractivity contribution >= 4 is 0 Å². The third-order valence-corrected chi connectivity index (χ3v) is 2.50. The van der Waals surface area contributed by atoms with Crippen LogP contribution in [0.5, 0.6) is 5.75 Å². The molecule has 1 unspecified atom stereocenters. The molecule has 0 heterocycles. The lowest BCUT2D eigenvalue weighted by Gasteiger charge is -2.21. The quantitative estimate of drug-likeness (QED) is 0.803. The van der Waals surface area contributed by atoms with Gasteiger partial charge in [-0.2, -0.15) is 0 Å². The number of benzene rings is 1. The first-order valence-electron chi connectivity index (χ1n) is 5.75. The predicted molar refractivity (Wildman–Crippen MR) is 64.2 cm³/mol. The topological polar surface area (TPSA) is 21.3 Å². The van der Waals surface area contributed by atoms with Crippen LogP contribution >= 0.6 is 0 Å². The normalized spacial score (nSPS) is 12.8. The van der Waals surface area contributed by atoms with E-state index in [4.69, 9.17) is 4.74 Å². The molecule has 1 N–H and O–H groups in total. The molecule has 2 nitrogen and oxygen atoms in total. The number of hydrogen-bond donors (Lipinski definition) is 1. The van der Waals surface area contributed by atoms with Crippen molar-refractivity contribution in [2.45, 2.75) is 26.8 Å². The minimum atomic E-state index is -0.262. The van der Waals surface area contributed by atoms with Crippen LogP contribution in [-0.4, -0.2) is 19.2 Å². The van der Waals surface area contributed by atoms with E-state index in [0.717, 1.165) is 6.54 Å². The Hall–Kier alpha value is -1.09. The Kier molecular flexibility index (Phi) is 5.26. The maximum atomic E-state index is 12.9. The summed E-state index contributed by atoms with van der Waals surface area (Å²) in [6.07, 6.45) is 0. The van der Waals surface area contributed by atoms with E-state index in [2.05, 4.69) is 26.1 Å². The van der Waals surface area contributed by atoms with E-state index in [0.29, 0.717) is 24.3 Å². The summed E-state index contributed by atoms with van der Waals surface area (Å²) in [5, 5.41) is 3.35. The molecule has 0 aliphatic heterocycles. The summed E-state index contributed by atoms with van der Waals surface area (Å²) < 4.78 is 18.5. The zero-order valence-corrected chi connectivity index (χ0v) is 10.2. The first kappa shape index (κ1) is 13.0. The van der Waals surface area contributed by atoms with Crippen molar-refractivity contribution < 1.29 is 9.13 Å². The summed E-state index contributed by atoms with van der Waals surface area (Å²) in [6.45, 7) is 7.83. The summed E-state index contributed by atoms with van der Waals surface area (Å²) >= 11 is 0. The van der Waals surface area contributed by atoms with Gasteiger partial charge in [-0.25, -0.2) is 4.39 Å². The average Bonchev–Trinajstić information content (AvgIpc) is 2.24. The van der Waals surface area contributed by atoms with Gasteiger partial charge in [0.05, 0.1) is 0 Å². The van der Waals surface area contributed by atoms with Gasteiger partial charge in [-0.1, -0.05) is 26.8 Å². The van der Waals surface area contributed by atoms with Crippen molar-refractivity contribution in [3.05, 3.63) is 30.1 Å². The molecule has 1 rings (SSSR count). The Morgan fingerprint density at radius 3 is 2.69 bits per heavy atom. The molecular weight excluding hydrogens is 205 g/mol. The van der Waals surface area contributed by atoms with Crippen molar-refractivity contribution in [3.63, 3.8) is 0 Å². The molecule has 0 saturated heterocycles. The Bertz CT molecular complexity index is 315. The lowest BCUT2D eigenvalue weighted by Crippen LogP contribution is -2.38. The smallest absolute Gasteiger partial charge is 0.126 e. The van der Waals surface area contributed by atoms with Crippen molar-refractivity contribution in [1.29, 1.82) is 0 Å². The fourth-order valence-corrected chi connectivity index (χ4v) is 1.49. The predicted octanol–water partition coefficient (Wildman–Crippen LogP) is 2.84. The molecule has 0 spiro atoms. The van der Waals surface area contributed by atoms with Crippen LogP contribution < -0.4 is 10.1 Å². The van der Waals surface area contributed by atoms with Gasteiger partial charge in [0, 0.05) is 12.1 Å². The Morgan fingerprint density at radius 2 is 2.12 bits per heavy atom. The maximum Gasteiger partial charge on any atom is 0.126 e. The average molecular weight is 225 g/mol. The Morgan fingerprint density at radius 1 is 1.38 bits per heavy atom. The zero-order valence-electron chi connectivity index (χ0n) is 10.2. The molecule has 0 aliphatic rings. The zero-order chi connectivity index (χ0) is 12.0. The van der Waals surface area contributed by atoms with E-state index in [-0.39, 0.29) is 5.82 Å². The summed E-state index contributed by atoms with van der Waals surface area (Å²) in [5.74, 6) is 0.819. The van der Waals surface area contributed by atoms with E-state index < -0.39 is 0 Å². The van der Waals surface area contributed by atoms with Gasteiger partial charge in [0.15, 0.2) is 0 Å². The van der Waals surface area contributed by atoms with E-state index in [9.17, 15) is 4.39 Å². The Balaban J connectivity index is 2.48. The van der Waals surface area contributed by atoms with E-state index in [1.807, 2.05) is 0 Å². The van der Waals surface area contributed by atoms with Crippen molar-refractivity contribution in [2.75, 3.05) is 13.2 Å². The molecule has 3 heteroatoms. The number of likely N-dealkylation sites (N-methyl/N-ethyl adjacent to an activating group) is 1. The van der Waals surface area contributed by atoms with E-state index >= 15 is 0 Å². The highest BCUT2D eigenvalue weighted by molar-refractivity contribution is 5.22. The van der Waals surface area contributed by atoms with Crippen LogP contribution in [0.1, 0.15) is 20.8 Å². The van der Waals surface area contributed by atoms with Gasteiger partial charge in [-0.05, 0) is 24.6 Å². The molecule has 1 aromatic rings. The fraction of sp³-hybridized carbons (Fsp3) is 0.538. The van der Waals surface area contributed by atoms with Crippen LogP contribution in [0.2, 0.25) is 0 Å². The molecular formula is C13H20FNO. The van der Waals surface area contributed by atoms with Gasteiger partial charge in [0.1, 0.15) is 18.2 Å². The summed E-state index contributed by atoms with van der Waals surface area (Å²) in [6, 6.07) is 6.54. The number of hydrogen-bond acceptors (Lipinski definition) is 2. The van der Waals surface area contributed by atoms with Crippen LogP contribution in [-0.2, 0) is 0 Å². The molecule has 1 aromatic carbocycles. The fourth-order valence-electron chi connectivity index (χ4n) is 1.49. The van der Waals surface area contributed by atoms with Crippen molar-refractivity contribution in [3.8, 4) is 5.75 Å². The van der Waals surface area contributed by atoms with E-state index in [1.165, 1.54) is 12.1 Å². The van der Waals surface area contributed by atoms with E-state index in [1.54, 1.807) is 12.1 Å². The molecule has 90 valence electrons. The standard InChI is InChI=1S/C13H20FNO/c1-4-15-13(10(2)3)9-16-12-7-5-6-11(14)8-12/h5-8,10,13,15H,4,9H2,1-3H3. The first-order chi connectivity index (χ1) is 7.63. The van der Waals surface area contributed by atoms with Gasteiger partial charge in [-0.15, -0.1) is 0 Å². The molecule has 0 radical (unpaired) electrons. The maximum absolute atomic E-state index is 12.9. The minimum absolute atomic E-state index is 0.262.